The Morgan fingerprint density at radius 1 is 1.38 bits per heavy atom. The Hall–Kier alpha value is -1.09. The summed E-state index contributed by atoms with van der Waals surface area (Å²) < 4.78 is 18.7. The van der Waals surface area contributed by atoms with Crippen LogP contribution in [-0.2, 0) is 6.42 Å². The van der Waals surface area contributed by atoms with E-state index in [2.05, 4.69) is 0 Å². The van der Waals surface area contributed by atoms with Gasteiger partial charge in [0.15, 0.2) is 0 Å². The zero-order valence-electron chi connectivity index (χ0n) is 9.42. The van der Waals surface area contributed by atoms with Gasteiger partial charge in [-0.15, -0.1) is 0 Å². The summed E-state index contributed by atoms with van der Waals surface area (Å²) in [5.41, 5.74) is 6.36. The average molecular weight is 223 g/mol. The van der Waals surface area contributed by atoms with E-state index in [1.54, 1.807) is 6.07 Å². The van der Waals surface area contributed by atoms with E-state index in [1.165, 1.54) is 25.0 Å². The molecular weight excluding hydrogens is 205 g/mol. The van der Waals surface area contributed by atoms with Crippen molar-refractivity contribution in [1.82, 2.24) is 0 Å². The smallest absolute Gasteiger partial charge is 0.123 e. The van der Waals surface area contributed by atoms with E-state index in [4.69, 9.17) is 10.5 Å². The third-order valence-corrected chi connectivity index (χ3v) is 2.92. The summed E-state index contributed by atoms with van der Waals surface area (Å²) >= 11 is 0. The van der Waals surface area contributed by atoms with E-state index in [0.29, 0.717) is 13.0 Å². The molecule has 0 atom stereocenters. The van der Waals surface area contributed by atoms with Crippen LogP contribution in [0, 0.1) is 11.7 Å². The molecule has 0 aliphatic heterocycles. The van der Waals surface area contributed by atoms with Crippen LogP contribution in [0.4, 0.5) is 4.39 Å². The maximum absolute atomic E-state index is 13.0. The van der Waals surface area contributed by atoms with Crippen molar-refractivity contribution in [3.8, 4) is 5.75 Å². The van der Waals surface area contributed by atoms with Crippen molar-refractivity contribution in [1.29, 1.82) is 0 Å². The molecule has 16 heavy (non-hydrogen) atoms. The summed E-state index contributed by atoms with van der Waals surface area (Å²) in [6.07, 6.45) is 4.45. The molecule has 0 aromatic heterocycles. The van der Waals surface area contributed by atoms with Crippen molar-refractivity contribution in [2.75, 3.05) is 13.2 Å². The predicted octanol–water partition coefficient (Wildman–Crippen LogP) is 2.51. The maximum atomic E-state index is 13.0. The van der Waals surface area contributed by atoms with Crippen molar-refractivity contribution >= 4 is 0 Å². The lowest BCUT2D eigenvalue weighted by Gasteiger charge is -2.10. The molecule has 0 bridgehead atoms. The molecule has 2 rings (SSSR count). The lowest BCUT2D eigenvalue weighted by molar-refractivity contribution is 0.299. The van der Waals surface area contributed by atoms with Gasteiger partial charge in [-0.25, -0.2) is 4.39 Å². The lowest BCUT2D eigenvalue weighted by atomic mass is 10.1. The number of rotatable bonds is 6. The molecule has 0 unspecified atom stereocenters. The van der Waals surface area contributed by atoms with Gasteiger partial charge >= 0.3 is 0 Å². The molecule has 1 aromatic carbocycles. The highest BCUT2D eigenvalue weighted by molar-refractivity contribution is 5.34. The summed E-state index contributed by atoms with van der Waals surface area (Å²) in [7, 11) is 0. The SMILES string of the molecule is NCCc1cc(F)ccc1OCCC1CC1. The van der Waals surface area contributed by atoms with E-state index >= 15 is 0 Å². The van der Waals surface area contributed by atoms with Crippen molar-refractivity contribution < 1.29 is 9.13 Å². The van der Waals surface area contributed by atoms with Crippen LogP contribution >= 0.6 is 0 Å². The Balaban J connectivity index is 1.93. The van der Waals surface area contributed by atoms with Crippen LogP contribution in [0.2, 0.25) is 0 Å². The van der Waals surface area contributed by atoms with Crippen LogP contribution in [0.5, 0.6) is 5.75 Å². The van der Waals surface area contributed by atoms with Gasteiger partial charge in [0.25, 0.3) is 0 Å². The van der Waals surface area contributed by atoms with Crippen LogP contribution < -0.4 is 10.5 Å². The summed E-state index contributed by atoms with van der Waals surface area (Å²) in [5, 5.41) is 0. The molecule has 2 N–H and O–H groups in total. The Bertz CT molecular complexity index is 350. The Morgan fingerprint density at radius 3 is 2.88 bits per heavy atom. The minimum Gasteiger partial charge on any atom is -0.493 e. The summed E-state index contributed by atoms with van der Waals surface area (Å²) in [4.78, 5) is 0. The fourth-order valence-electron chi connectivity index (χ4n) is 1.78. The summed E-state index contributed by atoms with van der Waals surface area (Å²) in [5.74, 6) is 1.42. The predicted molar refractivity (Wildman–Crippen MR) is 62.0 cm³/mol. The van der Waals surface area contributed by atoms with Gasteiger partial charge < -0.3 is 10.5 Å². The fourth-order valence-corrected chi connectivity index (χ4v) is 1.78. The molecule has 0 radical (unpaired) electrons. The number of ether oxygens (including phenoxy) is 1. The molecule has 0 amide bonds. The fraction of sp³-hybridized carbons (Fsp3) is 0.538. The molecular formula is C13H18FNO. The highest BCUT2D eigenvalue weighted by Crippen LogP contribution is 2.32. The van der Waals surface area contributed by atoms with E-state index in [1.807, 2.05) is 0 Å². The standard InChI is InChI=1S/C13H18FNO/c14-12-3-4-13(11(9-12)5-7-15)16-8-6-10-1-2-10/h3-4,9-10H,1-2,5-8,15H2. The monoisotopic (exact) mass is 223 g/mol. The van der Waals surface area contributed by atoms with Gasteiger partial charge in [0.1, 0.15) is 11.6 Å². The normalized spacial score (nSPS) is 15.1. The topological polar surface area (TPSA) is 35.2 Å². The number of hydrogen-bond donors (Lipinski definition) is 1. The Morgan fingerprint density at radius 2 is 2.19 bits per heavy atom. The summed E-state index contributed by atoms with van der Waals surface area (Å²) in [6, 6.07) is 4.65. The second kappa shape index (κ2) is 5.30. The molecule has 3 heteroatoms. The highest BCUT2D eigenvalue weighted by Gasteiger charge is 2.20. The van der Waals surface area contributed by atoms with E-state index in [0.717, 1.165) is 30.3 Å². The van der Waals surface area contributed by atoms with Gasteiger partial charge in [-0.3, -0.25) is 0 Å². The Labute approximate surface area is 95.6 Å². The van der Waals surface area contributed by atoms with Gasteiger partial charge in [0.05, 0.1) is 6.61 Å². The minimum atomic E-state index is -0.224. The highest BCUT2D eigenvalue weighted by atomic mass is 19.1. The lowest BCUT2D eigenvalue weighted by Crippen LogP contribution is -2.06. The molecule has 1 aliphatic rings. The van der Waals surface area contributed by atoms with Crippen LogP contribution in [0.3, 0.4) is 0 Å². The van der Waals surface area contributed by atoms with Gasteiger partial charge in [0.2, 0.25) is 0 Å². The van der Waals surface area contributed by atoms with E-state index < -0.39 is 0 Å². The zero-order chi connectivity index (χ0) is 11.4. The third kappa shape index (κ3) is 3.20. The van der Waals surface area contributed by atoms with Gasteiger partial charge in [0, 0.05) is 0 Å². The van der Waals surface area contributed by atoms with E-state index in [-0.39, 0.29) is 5.82 Å². The van der Waals surface area contributed by atoms with Gasteiger partial charge in [-0.2, -0.15) is 0 Å². The number of benzene rings is 1. The molecule has 1 aromatic rings. The largest absolute Gasteiger partial charge is 0.493 e. The molecule has 1 aliphatic carbocycles. The van der Waals surface area contributed by atoms with Crippen LogP contribution in [0.1, 0.15) is 24.8 Å². The maximum Gasteiger partial charge on any atom is 0.123 e. The van der Waals surface area contributed by atoms with Crippen molar-refractivity contribution in [3.63, 3.8) is 0 Å². The second-order valence-corrected chi connectivity index (χ2v) is 4.37. The number of nitrogens with two attached hydrogens (primary N) is 1. The van der Waals surface area contributed by atoms with Crippen LogP contribution in [0.15, 0.2) is 18.2 Å². The molecule has 88 valence electrons. The number of halogens is 1. The first-order valence-corrected chi connectivity index (χ1v) is 5.91. The van der Waals surface area contributed by atoms with E-state index in [9.17, 15) is 4.39 Å². The molecule has 0 saturated heterocycles. The molecule has 1 saturated carbocycles. The second-order valence-electron chi connectivity index (χ2n) is 4.37. The van der Waals surface area contributed by atoms with Crippen molar-refractivity contribution in [2.24, 2.45) is 11.7 Å². The van der Waals surface area contributed by atoms with Crippen LogP contribution in [0.25, 0.3) is 0 Å². The first-order chi connectivity index (χ1) is 7.79. The molecule has 0 heterocycles. The van der Waals surface area contributed by atoms with Crippen LogP contribution in [-0.4, -0.2) is 13.2 Å². The number of hydrogen-bond acceptors (Lipinski definition) is 2. The third-order valence-electron chi connectivity index (χ3n) is 2.92. The average Bonchev–Trinajstić information content (AvgIpc) is 3.06. The minimum absolute atomic E-state index is 0.224. The van der Waals surface area contributed by atoms with Gasteiger partial charge in [-0.05, 0) is 49.1 Å². The summed E-state index contributed by atoms with van der Waals surface area (Å²) in [6.45, 7) is 1.25. The first kappa shape index (κ1) is 11.4. The first-order valence-electron chi connectivity index (χ1n) is 5.91. The van der Waals surface area contributed by atoms with Crippen molar-refractivity contribution in [3.05, 3.63) is 29.6 Å². The zero-order valence-corrected chi connectivity index (χ0v) is 9.42. The van der Waals surface area contributed by atoms with Gasteiger partial charge in [-0.1, -0.05) is 12.8 Å². The molecule has 1 fully saturated rings. The Kier molecular flexibility index (Phi) is 3.78. The molecule has 0 spiro atoms. The molecule has 2 nitrogen and oxygen atoms in total. The quantitative estimate of drug-likeness (QED) is 0.804. The van der Waals surface area contributed by atoms with Crippen molar-refractivity contribution in [2.45, 2.75) is 25.7 Å².